The summed E-state index contributed by atoms with van der Waals surface area (Å²) < 4.78 is 0.664. The fraction of sp³-hybridized carbons (Fsp3) is 0.417. The highest BCUT2D eigenvalue weighted by atomic mass is 79.9. The molecule has 4 nitrogen and oxygen atoms in total. The Morgan fingerprint density at radius 2 is 2.26 bits per heavy atom. The van der Waals surface area contributed by atoms with Crippen LogP contribution >= 0.6 is 39.9 Å². The number of β-amino-alcohol motifs (C(OH)–C–C–N with tert-alkyl or cyclic N) is 1. The van der Waals surface area contributed by atoms with E-state index in [-0.39, 0.29) is 30.3 Å². The largest absolute Gasteiger partial charge is 0.391 e. The molecule has 1 heterocycles. The van der Waals surface area contributed by atoms with Gasteiger partial charge in [-0.2, -0.15) is 0 Å². The van der Waals surface area contributed by atoms with Crippen LogP contribution in [0.15, 0.2) is 22.7 Å². The lowest BCUT2D eigenvalue weighted by molar-refractivity contribution is 0.0926. The Morgan fingerprint density at radius 1 is 1.53 bits per heavy atom. The van der Waals surface area contributed by atoms with Crippen molar-refractivity contribution in [2.24, 2.45) is 5.92 Å². The van der Waals surface area contributed by atoms with E-state index in [4.69, 9.17) is 11.6 Å². The van der Waals surface area contributed by atoms with Gasteiger partial charge < -0.3 is 15.7 Å². The topological polar surface area (TPSA) is 61.4 Å². The first-order valence-corrected chi connectivity index (χ1v) is 6.87. The Bertz CT molecular complexity index is 459. The van der Waals surface area contributed by atoms with Crippen LogP contribution in [-0.4, -0.2) is 36.8 Å². The molecule has 1 aliphatic heterocycles. The number of hydrogen-bond acceptors (Lipinski definition) is 3. The number of aliphatic hydroxyl groups is 1. The van der Waals surface area contributed by atoms with Crippen LogP contribution < -0.4 is 10.6 Å². The molecule has 0 bridgehead atoms. The molecular formula is C12H15BrCl2N2O2. The minimum Gasteiger partial charge on any atom is -0.391 e. The number of nitrogens with one attached hydrogen (secondary N) is 2. The van der Waals surface area contributed by atoms with Crippen LogP contribution in [0.4, 0.5) is 0 Å². The molecule has 19 heavy (non-hydrogen) atoms. The molecule has 2 rings (SSSR count). The molecule has 1 aromatic rings. The van der Waals surface area contributed by atoms with E-state index in [9.17, 15) is 9.90 Å². The van der Waals surface area contributed by atoms with Crippen LogP contribution in [0.5, 0.6) is 0 Å². The van der Waals surface area contributed by atoms with Crippen LogP contribution in [-0.2, 0) is 0 Å². The molecule has 0 radical (unpaired) electrons. The number of aliphatic hydroxyl groups excluding tert-OH is 1. The maximum absolute atomic E-state index is 12.0. The molecule has 3 N–H and O–H groups in total. The van der Waals surface area contributed by atoms with Crippen molar-refractivity contribution in [3.05, 3.63) is 33.3 Å². The second-order valence-electron chi connectivity index (χ2n) is 4.32. The minimum atomic E-state index is -0.390. The lowest BCUT2D eigenvalue weighted by atomic mass is 10.1. The Kier molecular flexibility index (Phi) is 6.56. The second-order valence-corrected chi connectivity index (χ2v) is 5.61. The number of amides is 1. The van der Waals surface area contributed by atoms with E-state index < -0.39 is 0 Å². The van der Waals surface area contributed by atoms with Gasteiger partial charge >= 0.3 is 0 Å². The van der Waals surface area contributed by atoms with E-state index in [0.717, 1.165) is 6.54 Å². The van der Waals surface area contributed by atoms with Gasteiger partial charge in [-0.3, -0.25) is 4.79 Å². The zero-order valence-corrected chi connectivity index (χ0v) is 13.2. The van der Waals surface area contributed by atoms with Crippen molar-refractivity contribution in [3.63, 3.8) is 0 Å². The molecule has 0 aliphatic carbocycles. The van der Waals surface area contributed by atoms with E-state index in [2.05, 4.69) is 26.6 Å². The quantitative estimate of drug-likeness (QED) is 0.761. The standard InChI is InChI=1S/C12H14BrClN2O2.ClH/c13-10-3-8(14)1-2-9(10)12(18)16-5-7-4-15-6-11(7)17;/h1-3,7,11,15,17H,4-6H2,(H,16,18);1H. The van der Waals surface area contributed by atoms with Gasteiger partial charge in [-0.1, -0.05) is 11.6 Å². The van der Waals surface area contributed by atoms with Crippen LogP contribution in [0.1, 0.15) is 10.4 Å². The molecule has 1 amide bonds. The number of carbonyl (C=O) groups is 1. The van der Waals surface area contributed by atoms with Gasteiger partial charge in [-0.15, -0.1) is 12.4 Å². The number of carbonyl (C=O) groups excluding carboxylic acids is 1. The molecule has 0 spiro atoms. The molecule has 7 heteroatoms. The summed E-state index contributed by atoms with van der Waals surface area (Å²) in [5.74, 6) is -0.0994. The monoisotopic (exact) mass is 368 g/mol. The van der Waals surface area contributed by atoms with Crippen molar-refractivity contribution in [1.82, 2.24) is 10.6 Å². The van der Waals surface area contributed by atoms with E-state index in [1.807, 2.05) is 0 Å². The van der Waals surface area contributed by atoms with Crippen LogP contribution in [0.25, 0.3) is 0 Å². The van der Waals surface area contributed by atoms with Crippen molar-refractivity contribution in [2.75, 3.05) is 19.6 Å². The Morgan fingerprint density at radius 3 is 2.84 bits per heavy atom. The average Bonchev–Trinajstić information content (AvgIpc) is 2.72. The van der Waals surface area contributed by atoms with Crippen molar-refractivity contribution in [3.8, 4) is 0 Å². The summed E-state index contributed by atoms with van der Waals surface area (Å²) in [6, 6.07) is 5.03. The van der Waals surface area contributed by atoms with E-state index in [0.29, 0.717) is 28.1 Å². The Hall–Kier alpha value is -0.330. The predicted octanol–water partition coefficient (Wildman–Crippen LogP) is 1.83. The van der Waals surface area contributed by atoms with E-state index in [1.165, 1.54) is 0 Å². The molecular weight excluding hydrogens is 355 g/mol. The van der Waals surface area contributed by atoms with Gasteiger partial charge in [0.15, 0.2) is 0 Å². The highest BCUT2D eigenvalue weighted by Crippen LogP contribution is 2.21. The fourth-order valence-corrected chi connectivity index (χ4v) is 2.78. The van der Waals surface area contributed by atoms with E-state index >= 15 is 0 Å². The summed E-state index contributed by atoms with van der Waals surface area (Å²) >= 11 is 9.12. The average molecular weight is 370 g/mol. The van der Waals surface area contributed by atoms with Crippen LogP contribution in [0, 0.1) is 5.92 Å². The highest BCUT2D eigenvalue weighted by molar-refractivity contribution is 9.10. The lowest BCUT2D eigenvalue weighted by Gasteiger charge is -2.14. The third-order valence-electron chi connectivity index (χ3n) is 3.00. The summed E-state index contributed by atoms with van der Waals surface area (Å²) in [4.78, 5) is 12.0. The van der Waals surface area contributed by atoms with Crippen molar-refractivity contribution in [2.45, 2.75) is 6.10 Å². The van der Waals surface area contributed by atoms with Crippen molar-refractivity contribution >= 4 is 45.8 Å². The smallest absolute Gasteiger partial charge is 0.252 e. The molecule has 1 aliphatic rings. The third-order valence-corrected chi connectivity index (χ3v) is 3.90. The summed E-state index contributed by atoms with van der Waals surface area (Å²) in [5.41, 5.74) is 0.542. The molecule has 106 valence electrons. The molecule has 2 atom stereocenters. The summed E-state index contributed by atoms with van der Waals surface area (Å²) in [5, 5.41) is 16.1. The molecule has 0 aromatic heterocycles. The van der Waals surface area contributed by atoms with Gasteiger partial charge in [0.25, 0.3) is 5.91 Å². The first kappa shape index (κ1) is 16.7. The minimum absolute atomic E-state index is 0. The van der Waals surface area contributed by atoms with Gasteiger partial charge in [0.1, 0.15) is 0 Å². The molecule has 2 unspecified atom stereocenters. The zero-order chi connectivity index (χ0) is 13.1. The predicted molar refractivity (Wildman–Crippen MR) is 81.1 cm³/mol. The summed E-state index contributed by atoms with van der Waals surface area (Å²) in [6.07, 6.45) is -0.390. The van der Waals surface area contributed by atoms with Gasteiger partial charge in [0.05, 0.1) is 11.7 Å². The summed E-state index contributed by atoms with van der Waals surface area (Å²) in [7, 11) is 0. The van der Waals surface area contributed by atoms with Gasteiger partial charge in [0, 0.05) is 35.0 Å². The van der Waals surface area contributed by atoms with Crippen LogP contribution in [0.2, 0.25) is 5.02 Å². The normalized spacial score (nSPS) is 21.8. The number of hydrogen-bond donors (Lipinski definition) is 3. The highest BCUT2D eigenvalue weighted by Gasteiger charge is 2.25. The van der Waals surface area contributed by atoms with Crippen molar-refractivity contribution < 1.29 is 9.90 Å². The van der Waals surface area contributed by atoms with Crippen molar-refractivity contribution in [1.29, 1.82) is 0 Å². The van der Waals surface area contributed by atoms with Crippen LogP contribution in [0.3, 0.4) is 0 Å². The first-order valence-electron chi connectivity index (χ1n) is 5.70. The fourth-order valence-electron chi connectivity index (χ4n) is 1.92. The zero-order valence-electron chi connectivity index (χ0n) is 10.0. The maximum Gasteiger partial charge on any atom is 0.252 e. The molecule has 1 aromatic carbocycles. The summed E-state index contributed by atoms with van der Waals surface area (Å²) in [6.45, 7) is 1.77. The molecule has 1 saturated heterocycles. The first-order chi connectivity index (χ1) is 8.58. The molecule has 0 saturated carbocycles. The number of benzene rings is 1. The van der Waals surface area contributed by atoms with E-state index in [1.54, 1.807) is 18.2 Å². The van der Waals surface area contributed by atoms with Gasteiger partial charge in [-0.05, 0) is 34.1 Å². The third kappa shape index (κ3) is 4.33. The SMILES string of the molecule is Cl.O=C(NCC1CNCC1O)c1ccc(Cl)cc1Br. The van der Waals surface area contributed by atoms with Gasteiger partial charge in [0.2, 0.25) is 0 Å². The number of halogens is 3. The Balaban J connectivity index is 0.00000180. The van der Waals surface area contributed by atoms with Gasteiger partial charge in [-0.25, -0.2) is 0 Å². The Labute approximate surface area is 131 Å². The maximum atomic E-state index is 12.0. The second kappa shape index (κ2) is 7.45. The molecule has 1 fully saturated rings. The lowest BCUT2D eigenvalue weighted by Crippen LogP contribution is -2.34. The number of rotatable bonds is 3.